The van der Waals surface area contributed by atoms with E-state index in [-0.39, 0.29) is 5.41 Å². The summed E-state index contributed by atoms with van der Waals surface area (Å²) in [6.07, 6.45) is 1.03. The summed E-state index contributed by atoms with van der Waals surface area (Å²) in [7, 11) is 0. The number of hydrogen-bond donors (Lipinski definition) is 0. The van der Waals surface area contributed by atoms with Crippen molar-refractivity contribution < 1.29 is 4.74 Å². The van der Waals surface area contributed by atoms with Gasteiger partial charge < -0.3 is 4.74 Å². The molecule has 1 saturated heterocycles. The maximum Gasteiger partial charge on any atom is 0.0554 e. The second-order valence-electron chi connectivity index (χ2n) is 3.29. The van der Waals surface area contributed by atoms with E-state index < -0.39 is 0 Å². The Morgan fingerprint density at radius 1 is 1.56 bits per heavy atom. The zero-order chi connectivity index (χ0) is 6.91. The smallest absolute Gasteiger partial charge is 0.0554 e. The number of ether oxygens (including phenoxy) is 1. The summed E-state index contributed by atoms with van der Waals surface area (Å²) >= 11 is 0. The zero-order valence-electron chi connectivity index (χ0n) is 6.24. The highest BCUT2D eigenvalue weighted by atomic mass is 16.5. The third-order valence-electron chi connectivity index (χ3n) is 1.97. The normalized spacial score (nSPS) is 26.2. The van der Waals surface area contributed by atoms with Crippen LogP contribution in [0, 0.1) is 5.41 Å². The SMILES string of the molecule is C=C1CCOCC1(C)C. The van der Waals surface area contributed by atoms with E-state index in [2.05, 4.69) is 20.4 Å². The molecule has 1 rings (SSSR count). The highest BCUT2D eigenvalue weighted by Crippen LogP contribution is 2.30. The van der Waals surface area contributed by atoms with Crippen LogP contribution in [0.25, 0.3) is 0 Å². The Bertz CT molecular complexity index is 125. The van der Waals surface area contributed by atoms with Gasteiger partial charge in [0.15, 0.2) is 0 Å². The van der Waals surface area contributed by atoms with E-state index in [0.29, 0.717) is 0 Å². The summed E-state index contributed by atoms with van der Waals surface area (Å²) in [6.45, 7) is 10.0. The van der Waals surface area contributed by atoms with Gasteiger partial charge in [-0.3, -0.25) is 0 Å². The van der Waals surface area contributed by atoms with Crippen LogP contribution in [0.15, 0.2) is 12.2 Å². The summed E-state index contributed by atoms with van der Waals surface area (Å²) in [6, 6.07) is 0. The summed E-state index contributed by atoms with van der Waals surface area (Å²) in [5.74, 6) is 0. The van der Waals surface area contributed by atoms with Crippen molar-refractivity contribution in [3.8, 4) is 0 Å². The molecular formula is C8H14O. The molecular weight excluding hydrogens is 112 g/mol. The van der Waals surface area contributed by atoms with Gasteiger partial charge in [-0.1, -0.05) is 26.0 Å². The fourth-order valence-corrected chi connectivity index (χ4v) is 0.963. The van der Waals surface area contributed by atoms with Gasteiger partial charge in [0, 0.05) is 5.41 Å². The van der Waals surface area contributed by atoms with Crippen LogP contribution in [-0.4, -0.2) is 13.2 Å². The monoisotopic (exact) mass is 126 g/mol. The van der Waals surface area contributed by atoms with Crippen molar-refractivity contribution in [3.63, 3.8) is 0 Å². The first-order valence-corrected chi connectivity index (χ1v) is 3.39. The molecule has 0 N–H and O–H groups in total. The Hall–Kier alpha value is -0.300. The average molecular weight is 126 g/mol. The Morgan fingerprint density at radius 2 is 2.22 bits per heavy atom. The van der Waals surface area contributed by atoms with Crippen LogP contribution < -0.4 is 0 Å². The Labute approximate surface area is 56.7 Å². The zero-order valence-corrected chi connectivity index (χ0v) is 6.24. The second kappa shape index (κ2) is 2.14. The van der Waals surface area contributed by atoms with Crippen molar-refractivity contribution >= 4 is 0 Å². The Balaban J connectivity index is 2.60. The minimum atomic E-state index is 0.220. The Morgan fingerprint density at radius 3 is 2.56 bits per heavy atom. The van der Waals surface area contributed by atoms with Gasteiger partial charge in [0.05, 0.1) is 13.2 Å². The topological polar surface area (TPSA) is 9.23 Å². The highest BCUT2D eigenvalue weighted by Gasteiger charge is 2.24. The largest absolute Gasteiger partial charge is 0.380 e. The van der Waals surface area contributed by atoms with Gasteiger partial charge in [-0.05, 0) is 6.42 Å². The van der Waals surface area contributed by atoms with Crippen LogP contribution in [0.5, 0.6) is 0 Å². The summed E-state index contributed by atoms with van der Waals surface area (Å²) < 4.78 is 5.29. The standard InChI is InChI=1S/C8H14O/c1-7-4-5-9-6-8(7,2)3/h1,4-6H2,2-3H3. The minimum absolute atomic E-state index is 0.220. The fourth-order valence-electron chi connectivity index (χ4n) is 0.963. The first-order valence-electron chi connectivity index (χ1n) is 3.39. The van der Waals surface area contributed by atoms with Gasteiger partial charge >= 0.3 is 0 Å². The molecule has 0 aromatic rings. The van der Waals surface area contributed by atoms with Crippen LogP contribution in [0.4, 0.5) is 0 Å². The van der Waals surface area contributed by atoms with Crippen molar-refractivity contribution in [3.05, 3.63) is 12.2 Å². The van der Waals surface area contributed by atoms with E-state index in [4.69, 9.17) is 4.74 Å². The number of hydrogen-bond acceptors (Lipinski definition) is 1. The van der Waals surface area contributed by atoms with Gasteiger partial charge in [-0.15, -0.1) is 0 Å². The molecule has 0 spiro atoms. The minimum Gasteiger partial charge on any atom is -0.380 e. The third kappa shape index (κ3) is 1.33. The third-order valence-corrected chi connectivity index (χ3v) is 1.97. The maximum absolute atomic E-state index is 5.29. The molecule has 0 aromatic heterocycles. The summed E-state index contributed by atoms with van der Waals surface area (Å²) in [5, 5.41) is 0. The molecule has 1 heteroatoms. The first-order chi connectivity index (χ1) is 4.13. The summed E-state index contributed by atoms with van der Waals surface area (Å²) in [5.41, 5.74) is 1.55. The van der Waals surface area contributed by atoms with E-state index >= 15 is 0 Å². The Kier molecular flexibility index (Phi) is 1.62. The fraction of sp³-hybridized carbons (Fsp3) is 0.750. The molecule has 1 aliphatic rings. The van der Waals surface area contributed by atoms with Crippen molar-refractivity contribution in [2.24, 2.45) is 5.41 Å². The average Bonchev–Trinajstić information content (AvgIpc) is 1.77. The molecule has 0 amide bonds. The lowest BCUT2D eigenvalue weighted by Gasteiger charge is -2.31. The van der Waals surface area contributed by atoms with Crippen molar-refractivity contribution in [1.82, 2.24) is 0 Å². The molecule has 9 heavy (non-hydrogen) atoms. The van der Waals surface area contributed by atoms with Gasteiger partial charge in [0.25, 0.3) is 0 Å². The van der Waals surface area contributed by atoms with Crippen LogP contribution in [0.1, 0.15) is 20.3 Å². The van der Waals surface area contributed by atoms with Gasteiger partial charge in [0.2, 0.25) is 0 Å². The predicted octanol–water partition coefficient (Wildman–Crippen LogP) is 1.99. The molecule has 0 saturated carbocycles. The van der Waals surface area contributed by atoms with Crippen LogP contribution >= 0.6 is 0 Å². The van der Waals surface area contributed by atoms with E-state index in [1.54, 1.807) is 0 Å². The molecule has 0 unspecified atom stereocenters. The molecule has 1 aliphatic heterocycles. The van der Waals surface area contributed by atoms with E-state index in [1.165, 1.54) is 5.57 Å². The van der Waals surface area contributed by atoms with Crippen LogP contribution in [0.2, 0.25) is 0 Å². The molecule has 1 heterocycles. The van der Waals surface area contributed by atoms with Crippen LogP contribution in [0.3, 0.4) is 0 Å². The van der Waals surface area contributed by atoms with Gasteiger partial charge in [-0.25, -0.2) is 0 Å². The van der Waals surface area contributed by atoms with E-state index in [0.717, 1.165) is 19.6 Å². The van der Waals surface area contributed by atoms with Crippen molar-refractivity contribution in [1.29, 1.82) is 0 Å². The number of rotatable bonds is 0. The van der Waals surface area contributed by atoms with Gasteiger partial charge in [-0.2, -0.15) is 0 Å². The molecule has 1 fully saturated rings. The predicted molar refractivity (Wildman–Crippen MR) is 38.4 cm³/mol. The molecule has 52 valence electrons. The van der Waals surface area contributed by atoms with E-state index in [1.807, 2.05) is 0 Å². The maximum atomic E-state index is 5.29. The van der Waals surface area contributed by atoms with Crippen molar-refractivity contribution in [2.75, 3.05) is 13.2 Å². The molecule has 0 aromatic carbocycles. The van der Waals surface area contributed by atoms with Crippen molar-refractivity contribution in [2.45, 2.75) is 20.3 Å². The van der Waals surface area contributed by atoms with Gasteiger partial charge in [0.1, 0.15) is 0 Å². The highest BCUT2D eigenvalue weighted by molar-refractivity contribution is 5.08. The molecule has 0 aliphatic carbocycles. The lowest BCUT2D eigenvalue weighted by molar-refractivity contribution is 0.0494. The molecule has 0 atom stereocenters. The lowest BCUT2D eigenvalue weighted by Crippen LogP contribution is -2.27. The quantitative estimate of drug-likeness (QED) is 0.451. The second-order valence-corrected chi connectivity index (χ2v) is 3.29. The molecule has 1 nitrogen and oxygen atoms in total. The molecule has 0 bridgehead atoms. The summed E-state index contributed by atoms with van der Waals surface area (Å²) in [4.78, 5) is 0. The first kappa shape index (κ1) is 6.81. The van der Waals surface area contributed by atoms with E-state index in [9.17, 15) is 0 Å². The lowest BCUT2D eigenvalue weighted by atomic mass is 9.83. The van der Waals surface area contributed by atoms with Crippen LogP contribution in [-0.2, 0) is 4.74 Å². The molecule has 0 radical (unpaired) electrons.